The van der Waals surface area contributed by atoms with Gasteiger partial charge in [-0.1, -0.05) is 12.0 Å². The molecule has 0 radical (unpaired) electrons. The quantitative estimate of drug-likeness (QED) is 0.286. The molecule has 4 aromatic rings. The zero-order valence-corrected chi connectivity index (χ0v) is 25.8. The van der Waals surface area contributed by atoms with Crippen LogP contribution in [-0.2, 0) is 11.3 Å². The lowest BCUT2D eigenvalue weighted by atomic mass is 9.98. The van der Waals surface area contributed by atoms with E-state index in [2.05, 4.69) is 21.0 Å². The summed E-state index contributed by atoms with van der Waals surface area (Å²) >= 11 is 0. The minimum absolute atomic E-state index is 0.0843. The summed E-state index contributed by atoms with van der Waals surface area (Å²) in [5.74, 6) is 4.59. The molecule has 2 N–H and O–H groups in total. The molecule has 46 heavy (non-hydrogen) atoms. The maximum absolute atomic E-state index is 14.8. The monoisotopic (exact) mass is 623 g/mol. The van der Waals surface area contributed by atoms with Crippen molar-refractivity contribution in [1.82, 2.24) is 29.7 Å². The zero-order chi connectivity index (χ0) is 31.0. The SMILES string of the molecule is C#Cc1c(F)ccc2cc(O)cc(Cn3cnc4c(OCC5(CN6C[C@H]7COC[C@H]7C6)CC5)nc(N5CC6CCC(C5)N6)nc43)c12. The van der Waals surface area contributed by atoms with Crippen molar-refractivity contribution in [2.45, 2.75) is 44.3 Å². The number of phenols is 1. The van der Waals surface area contributed by atoms with E-state index in [9.17, 15) is 9.50 Å². The summed E-state index contributed by atoms with van der Waals surface area (Å²) < 4.78 is 29.0. The van der Waals surface area contributed by atoms with E-state index >= 15 is 0 Å². The second-order valence-corrected chi connectivity index (χ2v) is 14.2. The van der Waals surface area contributed by atoms with Crippen LogP contribution < -0.4 is 15.0 Å². The van der Waals surface area contributed by atoms with Crippen molar-refractivity contribution in [3.05, 3.63) is 47.5 Å². The average Bonchev–Trinajstić information content (AvgIpc) is 3.36. The Morgan fingerprint density at radius 3 is 2.61 bits per heavy atom. The maximum Gasteiger partial charge on any atom is 0.247 e. The Morgan fingerprint density at radius 1 is 1.09 bits per heavy atom. The lowest BCUT2D eigenvalue weighted by Gasteiger charge is -2.33. The van der Waals surface area contributed by atoms with E-state index in [1.54, 1.807) is 24.5 Å². The largest absolute Gasteiger partial charge is 0.508 e. The van der Waals surface area contributed by atoms with Crippen molar-refractivity contribution >= 4 is 27.9 Å². The average molecular weight is 624 g/mol. The van der Waals surface area contributed by atoms with Crippen molar-refractivity contribution in [3.63, 3.8) is 0 Å². The molecule has 5 aliphatic rings. The van der Waals surface area contributed by atoms with Gasteiger partial charge >= 0.3 is 0 Å². The Balaban J connectivity index is 1.05. The molecule has 1 aliphatic carbocycles. The second-order valence-electron chi connectivity index (χ2n) is 14.2. The highest BCUT2D eigenvalue weighted by molar-refractivity contribution is 5.92. The van der Waals surface area contributed by atoms with Crippen molar-refractivity contribution < 1.29 is 19.0 Å². The fourth-order valence-corrected chi connectivity index (χ4v) is 8.32. The van der Waals surface area contributed by atoms with Crippen molar-refractivity contribution in [3.8, 4) is 24.0 Å². The second kappa shape index (κ2) is 10.8. The number of phenolic OH excluding ortho intramolecular Hbond substituents is 1. The van der Waals surface area contributed by atoms with Gasteiger partial charge in [0.25, 0.3) is 0 Å². The number of hydrogen-bond acceptors (Lipinski definition) is 9. The number of hydrogen-bond donors (Lipinski definition) is 2. The molecule has 2 aromatic carbocycles. The molecular formula is C35H38FN7O3. The Kier molecular flexibility index (Phi) is 6.63. The summed E-state index contributed by atoms with van der Waals surface area (Å²) in [5.41, 5.74) is 2.22. The van der Waals surface area contributed by atoms with Gasteiger partial charge in [0.15, 0.2) is 11.2 Å². The van der Waals surface area contributed by atoms with Gasteiger partial charge in [-0.05, 0) is 54.8 Å². The molecule has 4 saturated heterocycles. The first-order valence-corrected chi connectivity index (χ1v) is 16.5. The normalized spacial score (nSPS) is 26.6. The molecule has 10 nitrogen and oxygen atoms in total. The highest BCUT2D eigenvalue weighted by Gasteiger charge is 2.48. The standard InChI is InChI=1S/C35H38FN7O3/c1-2-28-29(36)6-3-21-9-27(44)10-22(30(21)28)13-43-20-37-31-32(43)39-34(42-14-25-4-5-26(15-42)38-25)40-33(31)46-19-35(7-8-35)18-41-11-23-16-45-17-24(23)12-41/h1,3,6,9-10,20,23-26,38,44H,4-5,7-8,11-19H2/t23-,24+,25?,26?. The van der Waals surface area contributed by atoms with E-state index in [4.69, 9.17) is 30.8 Å². The van der Waals surface area contributed by atoms with Crippen LogP contribution in [0.4, 0.5) is 10.3 Å². The number of ether oxygens (including phenoxy) is 2. The summed E-state index contributed by atoms with van der Waals surface area (Å²) in [6, 6.07) is 7.06. The van der Waals surface area contributed by atoms with E-state index in [1.807, 2.05) is 4.57 Å². The maximum atomic E-state index is 14.8. The summed E-state index contributed by atoms with van der Waals surface area (Å²) in [4.78, 5) is 19.7. The van der Waals surface area contributed by atoms with Crippen LogP contribution in [0.1, 0.15) is 36.8 Å². The number of piperazine rings is 1. The molecule has 11 heteroatoms. The number of terminal acetylenes is 1. The molecule has 5 fully saturated rings. The topological polar surface area (TPSA) is 101 Å². The Hall–Kier alpha value is -3.98. The molecule has 4 aliphatic heterocycles. The molecular weight excluding hydrogens is 585 g/mol. The Labute approximate surface area is 266 Å². The first-order chi connectivity index (χ1) is 22.4. The minimum atomic E-state index is -0.467. The molecule has 2 bridgehead atoms. The molecule has 0 amide bonds. The van der Waals surface area contributed by atoms with Crippen molar-refractivity contribution in [2.24, 2.45) is 17.3 Å². The van der Waals surface area contributed by atoms with Gasteiger partial charge in [0.05, 0.1) is 38.3 Å². The van der Waals surface area contributed by atoms with Crippen LogP contribution in [0.3, 0.4) is 0 Å². The van der Waals surface area contributed by atoms with Crippen molar-refractivity contribution in [2.75, 3.05) is 57.4 Å². The van der Waals surface area contributed by atoms with Gasteiger partial charge in [0.2, 0.25) is 11.8 Å². The summed E-state index contributed by atoms with van der Waals surface area (Å²) in [6.45, 7) is 7.58. The van der Waals surface area contributed by atoms with Crippen molar-refractivity contribution in [1.29, 1.82) is 0 Å². The first-order valence-electron chi connectivity index (χ1n) is 16.5. The summed E-state index contributed by atoms with van der Waals surface area (Å²) in [5, 5.41) is 15.5. The molecule has 6 heterocycles. The van der Waals surface area contributed by atoms with Crippen LogP contribution in [0.2, 0.25) is 0 Å². The van der Waals surface area contributed by atoms with Crippen LogP contribution in [0.25, 0.3) is 21.9 Å². The highest BCUT2D eigenvalue weighted by atomic mass is 19.1. The lowest BCUT2D eigenvalue weighted by molar-refractivity contribution is 0.133. The van der Waals surface area contributed by atoms with Gasteiger partial charge in [-0.2, -0.15) is 9.97 Å². The molecule has 4 atom stereocenters. The smallest absolute Gasteiger partial charge is 0.247 e. The zero-order valence-electron chi connectivity index (χ0n) is 25.8. The van der Waals surface area contributed by atoms with Gasteiger partial charge in [-0.3, -0.25) is 0 Å². The Bertz CT molecular complexity index is 1860. The molecule has 1 saturated carbocycles. The van der Waals surface area contributed by atoms with E-state index < -0.39 is 5.82 Å². The van der Waals surface area contributed by atoms with Crippen LogP contribution in [0, 0.1) is 35.4 Å². The minimum Gasteiger partial charge on any atom is -0.508 e. The third kappa shape index (κ3) is 4.94. The van der Waals surface area contributed by atoms with Crippen LogP contribution in [-0.4, -0.2) is 94.2 Å². The molecule has 2 unspecified atom stereocenters. The predicted octanol–water partition coefficient (Wildman–Crippen LogP) is 3.53. The predicted molar refractivity (Wildman–Crippen MR) is 171 cm³/mol. The summed E-state index contributed by atoms with van der Waals surface area (Å²) in [7, 11) is 0. The van der Waals surface area contributed by atoms with E-state index in [-0.39, 0.29) is 23.3 Å². The van der Waals surface area contributed by atoms with Crippen LogP contribution >= 0.6 is 0 Å². The molecule has 238 valence electrons. The number of halogens is 1. The number of fused-ring (bicyclic) bond motifs is 5. The van der Waals surface area contributed by atoms with Crippen LogP contribution in [0.15, 0.2) is 30.6 Å². The Morgan fingerprint density at radius 2 is 1.87 bits per heavy atom. The number of nitrogens with zero attached hydrogens (tertiary/aromatic N) is 6. The molecule has 2 aromatic heterocycles. The third-order valence-corrected chi connectivity index (χ3v) is 10.9. The first kappa shape index (κ1) is 28.3. The number of benzene rings is 2. The van der Waals surface area contributed by atoms with Gasteiger partial charge in [-0.15, -0.1) is 6.42 Å². The summed E-state index contributed by atoms with van der Waals surface area (Å²) in [6.07, 6.45) is 12.1. The number of aromatic hydroxyl groups is 1. The number of aromatic nitrogens is 4. The van der Waals surface area contributed by atoms with E-state index in [0.717, 1.165) is 71.6 Å². The molecule has 0 spiro atoms. The van der Waals surface area contributed by atoms with Gasteiger partial charge in [0, 0.05) is 67.4 Å². The number of nitrogens with one attached hydrogen (secondary N) is 1. The van der Waals surface area contributed by atoms with E-state index in [1.165, 1.54) is 6.07 Å². The fraction of sp³-hybridized carbons (Fsp3) is 0.514. The fourth-order valence-electron chi connectivity index (χ4n) is 8.32. The van der Waals surface area contributed by atoms with Gasteiger partial charge < -0.3 is 34.3 Å². The lowest BCUT2D eigenvalue weighted by Crippen LogP contribution is -2.51. The van der Waals surface area contributed by atoms with Gasteiger partial charge in [-0.25, -0.2) is 9.37 Å². The van der Waals surface area contributed by atoms with E-state index in [0.29, 0.717) is 69.9 Å². The third-order valence-electron chi connectivity index (χ3n) is 10.9. The number of rotatable bonds is 8. The number of likely N-dealkylation sites (tertiary alicyclic amines) is 1. The highest BCUT2D eigenvalue weighted by Crippen LogP contribution is 2.48. The number of anilines is 1. The van der Waals surface area contributed by atoms with Gasteiger partial charge in [0.1, 0.15) is 11.6 Å². The molecule has 9 rings (SSSR count). The number of imidazole rings is 1. The van der Waals surface area contributed by atoms with Crippen LogP contribution in [0.5, 0.6) is 11.6 Å².